The largest absolute Gasteiger partial charge is 0.527 e. The second kappa shape index (κ2) is 14.5. The monoisotopic (exact) mass is 581 g/mol. The molecule has 1 aliphatic heterocycles. The molecule has 2 atom stereocenters. The zero-order valence-electron chi connectivity index (χ0n) is 23.4. The number of nitrogens with one attached hydrogen (secondary N) is 1. The lowest BCUT2D eigenvalue weighted by Gasteiger charge is -2.35. The van der Waals surface area contributed by atoms with Crippen LogP contribution in [0.5, 0.6) is 0 Å². The molecule has 0 radical (unpaired) electrons. The molecule has 1 saturated heterocycles. The normalized spacial score (nSPS) is 18.0. The molecule has 1 aromatic carbocycles. The van der Waals surface area contributed by atoms with Gasteiger partial charge in [-0.1, -0.05) is 36.4 Å². The van der Waals surface area contributed by atoms with Gasteiger partial charge in [-0.3, -0.25) is 14.4 Å². The number of allylic oxidation sites excluding steroid dienone is 1. The lowest BCUT2D eigenvalue weighted by molar-refractivity contribution is -0.157. The van der Waals surface area contributed by atoms with Gasteiger partial charge in [-0.25, -0.2) is 14.8 Å². The summed E-state index contributed by atoms with van der Waals surface area (Å²) in [4.78, 5) is 65.7. The van der Waals surface area contributed by atoms with E-state index in [0.717, 1.165) is 5.57 Å². The lowest BCUT2D eigenvalue weighted by atomic mass is 9.94. The molecule has 2 heterocycles. The minimum absolute atomic E-state index is 0.0339. The van der Waals surface area contributed by atoms with Gasteiger partial charge in [0.25, 0.3) is 5.91 Å². The highest BCUT2D eigenvalue weighted by atomic mass is 16.8. The molecule has 0 saturated carbocycles. The van der Waals surface area contributed by atoms with Crippen LogP contribution in [0.3, 0.4) is 0 Å². The fourth-order valence-electron chi connectivity index (χ4n) is 4.72. The first-order chi connectivity index (χ1) is 20.2. The van der Waals surface area contributed by atoms with Crippen molar-refractivity contribution in [1.82, 2.24) is 25.2 Å². The molecule has 1 unspecified atom stereocenters. The minimum atomic E-state index is -1.12. The van der Waals surface area contributed by atoms with Gasteiger partial charge in [0.15, 0.2) is 5.82 Å². The molecule has 1 fully saturated rings. The van der Waals surface area contributed by atoms with Crippen molar-refractivity contribution in [3.05, 3.63) is 53.9 Å². The van der Waals surface area contributed by atoms with Gasteiger partial charge >= 0.3 is 12.1 Å². The van der Waals surface area contributed by atoms with E-state index in [1.807, 2.05) is 36.4 Å². The van der Waals surface area contributed by atoms with Gasteiger partial charge in [-0.2, -0.15) is 0 Å². The summed E-state index contributed by atoms with van der Waals surface area (Å²) in [5.74, 6) is -1.85. The number of carbonyl (C=O) groups is 4. The van der Waals surface area contributed by atoms with Gasteiger partial charge in [-0.05, 0) is 44.2 Å². The van der Waals surface area contributed by atoms with Crippen molar-refractivity contribution < 1.29 is 39.0 Å². The smallest absolute Gasteiger partial charge is 0.481 e. The number of piperazine rings is 1. The number of aliphatic hydroxyl groups excluding tert-OH is 1. The highest BCUT2D eigenvalue weighted by Gasteiger charge is 2.31. The molecule has 13 nitrogen and oxygen atoms in total. The SMILES string of the molecule is CCOC(=O)ON1CCN(C(=O)C(CCC(=O)O)NC(=O)c2cc(C3=CC[C@@H](O)CC3)nc(-c3ccccc3)n2)CC1. The van der Waals surface area contributed by atoms with Crippen LogP contribution in [0, 0.1) is 0 Å². The first-order valence-electron chi connectivity index (χ1n) is 14.0. The Kier molecular flexibility index (Phi) is 10.6. The van der Waals surface area contributed by atoms with Crippen molar-refractivity contribution >= 4 is 29.5 Å². The number of benzene rings is 1. The Morgan fingerprint density at radius 3 is 2.48 bits per heavy atom. The summed E-state index contributed by atoms with van der Waals surface area (Å²) in [6.07, 6.45) is 1.83. The maximum absolute atomic E-state index is 13.5. The highest BCUT2D eigenvalue weighted by molar-refractivity contribution is 5.97. The molecular weight excluding hydrogens is 546 g/mol. The summed E-state index contributed by atoms with van der Waals surface area (Å²) in [5, 5.41) is 23.3. The topological polar surface area (TPSA) is 171 Å². The first kappa shape index (κ1) is 30.6. The van der Waals surface area contributed by atoms with Crippen molar-refractivity contribution in [3.8, 4) is 11.4 Å². The van der Waals surface area contributed by atoms with Crippen LogP contribution >= 0.6 is 0 Å². The second-order valence-electron chi connectivity index (χ2n) is 9.97. The summed E-state index contributed by atoms with van der Waals surface area (Å²) < 4.78 is 4.77. The Morgan fingerprint density at radius 1 is 1.10 bits per heavy atom. The van der Waals surface area contributed by atoms with Gasteiger partial charge in [0.2, 0.25) is 5.91 Å². The van der Waals surface area contributed by atoms with E-state index >= 15 is 0 Å². The van der Waals surface area contributed by atoms with E-state index in [1.165, 1.54) is 9.96 Å². The van der Waals surface area contributed by atoms with Crippen molar-refractivity contribution in [2.24, 2.45) is 0 Å². The Labute approximate surface area is 243 Å². The molecule has 13 heteroatoms. The first-order valence-corrected chi connectivity index (χ1v) is 14.0. The van der Waals surface area contributed by atoms with Crippen LogP contribution in [-0.4, -0.2) is 99.0 Å². The average Bonchev–Trinajstić information content (AvgIpc) is 2.99. The number of nitrogens with zero attached hydrogens (tertiary/aromatic N) is 4. The molecule has 4 rings (SSSR count). The van der Waals surface area contributed by atoms with Crippen LogP contribution in [0.4, 0.5) is 4.79 Å². The molecule has 3 N–H and O–H groups in total. The number of hydrogen-bond acceptors (Lipinski definition) is 10. The summed E-state index contributed by atoms with van der Waals surface area (Å²) >= 11 is 0. The van der Waals surface area contributed by atoms with E-state index in [0.29, 0.717) is 36.3 Å². The number of ether oxygens (including phenoxy) is 1. The third-order valence-electron chi connectivity index (χ3n) is 6.97. The summed E-state index contributed by atoms with van der Waals surface area (Å²) in [5.41, 5.74) is 2.17. The zero-order valence-corrected chi connectivity index (χ0v) is 23.4. The summed E-state index contributed by atoms with van der Waals surface area (Å²) in [6.45, 7) is 2.69. The standard InChI is InChI=1S/C29H35N5O8/c1-2-41-29(40)42-34-16-14-33(15-17-34)28(39)22(12-13-25(36)37)32-27(38)24-18-23(19-8-10-21(35)11-9-19)30-26(31-24)20-6-4-3-5-7-20/h3-8,18,21-22,35H,2,9-17H2,1H3,(H,32,38)(H,36,37)/t21-,22?/m1/s1. The number of aromatic nitrogens is 2. The van der Waals surface area contributed by atoms with Crippen LogP contribution < -0.4 is 5.32 Å². The minimum Gasteiger partial charge on any atom is -0.481 e. The predicted molar refractivity (Wildman–Crippen MR) is 150 cm³/mol. The van der Waals surface area contributed by atoms with Gasteiger partial charge in [0.05, 0.1) is 31.5 Å². The lowest BCUT2D eigenvalue weighted by Crippen LogP contribution is -2.55. The summed E-state index contributed by atoms with van der Waals surface area (Å²) in [6, 6.07) is 9.60. The van der Waals surface area contributed by atoms with E-state index in [-0.39, 0.29) is 51.3 Å². The molecule has 1 aromatic heterocycles. The fourth-order valence-corrected chi connectivity index (χ4v) is 4.72. The number of carboxylic acids is 1. The van der Waals surface area contributed by atoms with Crippen molar-refractivity contribution in [2.75, 3.05) is 32.8 Å². The van der Waals surface area contributed by atoms with E-state index in [1.54, 1.807) is 13.0 Å². The zero-order chi connectivity index (χ0) is 30.1. The molecule has 224 valence electrons. The fraction of sp³-hybridized carbons (Fsp3) is 0.448. The Hall–Kier alpha value is -4.36. The van der Waals surface area contributed by atoms with Gasteiger partial charge in [0, 0.05) is 25.1 Å². The average molecular weight is 582 g/mol. The van der Waals surface area contributed by atoms with Gasteiger partial charge in [0.1, 0.15) is 11.7 Å². The van der Waals surface area contributed by atoms with E-state index < -0.39 is 36.1 Å². The molecule has 0 spiro atoms. The second-order valence-corrected chi connectivity index (χ2v) is 9.97. The predicted octanol–water partition coefficient (Wildman–Crippen LogP) is 2.27. The maximum Gasteiger partial charge on any atom is 0.527 e. The number of carboxylic acid groups (broad SMARTS) is 1. The molecule has 2 aliphatic rings. The van der Waals surface area contributed by atoms with E-state index in [9.17, 15) is 29.4 Å². The molecule has 1 aliphatic carbocycles. The Balaban J connectivity index is 1.53. The Bertz CT molecular complexity index is 1310. The molecule has 2 aromatic rings. The number of carbonyl (C=O) groups excluding carboxylic acids is 3. The van der Waals surface area contributed by atoms with E-state index in [4.69, 9.17) is 9.57 Å². The van der Waals surface area contributed by atoms with Crippen LogP contribution in [0.25, 0.3) is 17.0 Å². The number of aliphatic carboxylic acids is 1. The van der Waals surface area contributed by atoms with Crippen LogP contribution in [-0.2, 0) is 19.2 Å². The van der Waals surface area contributed by atoms with Crippen LogP contribution in [0.2, 0.25) is 0 Å². The van der Waals surface area contributed by atoms with Crippen LogP contribution in [0.15, 0.2) is 42.5 Å². The number of rotatable bonds is 10. The molecular formula is C29H35N5O8. The third kappa shape index (κ3) is 8.33. The van der Waals surface area contributed by atoms with Crippen LogP contribution in [0.1, 0.15) is 55.2 Å². The van der Waals surface area contributed by atoms with Crippen molar-refractivity contribution in [1.29, 1.82) is 0 Å². The van der Waals surface area contributed by atoms with Crippen molar-refractivity contribution in [2.45, 2.75) is 51.2 Å². The van der Waals surface area contributed by atoms with E-state index in [2.05, 4.69) is 15.3 Å². The van der Waals surface area contributed by atoms with Crippen molar-refractivity contribution in [3.63, 3.8) is 0 Å². The van der Waals surface area contributed by atoms with Gasteiger partial charge in [-0.15, -0.1) is 5.06 Å². The number of amides is 2. The maximum atomic E-state index is 13.5. The number of aliphatic hydroxyl groups is 1. The molecule has 42 heavy (non-hydrogen) atoms. The Morgan fingerprint density at radius 2 is 1.83 bits per heavy atom. The number of hydrogen-bond donors (Lipinski definition) is 3. The molecule has 0 bridgehead atoms. The summed E-state index contributed by atoms with van der Waals surface area (Å²) in [7, 11) is 0. The number of hydroxylamine groups is 2. The van der Waals surface area contributed by atoms with Gasteiger partial charge < -0.3 is 30.0 Å². The quantitative estimate of drug-likeness (QED) is 0.352. The molecule has 2 amide bonds. The highest BCUT2D eigenvalue weighted by Crippen LogP contribution is 2.28. The third-order valence-corrected chi connectivity index (χ3v) is 6.97.